The SMILES string of the molecule is NC(=O)c1nn(CC(=O)N2C3C[C@@H]3C[C@H]2C(=O)NC2CCCC(c3ccccc3)C2)c2ccccc12. The number of nitrogens with two attached hydrogens (primary N) is 1. The van der Waals surface area contributed by atoms with Crippen LogP contribution in [0, 0.1) is 5.92 Å². The number of carbonyl (C=O) groups is 3. The second-order valence-electron chi connectivity index (χ2n) is 10.5. The number of likely N-dealkylation sites (tertiary alicyclic amines) is 1. The molecule has 3 fully saturated rings. The fourth-order valence-electron chi connectivity index (χ4n) is 6.34. The lowest BCUT2D eigenvalue weighted by atomic mass is 9.81. The summed E-state index contributed by atoms with van der Waals surface area (Å²) in [7, 11) is 0. The summed E-state index contributed by atoms with van der Waals surface area (Å²) in [6.45, 7) is -0.0275. The molecule has 2 heterocycles. The Kier molecular flexibility index (Phi) is 5.74. The molecule has 3 aromatic rings. The van der Waals surface area contributed by atoms with Crippen molar-refractivity contribution in [1.82, 2.24) is 20.0 Å². The van der Waals surface area contributed by atoms with Crippen molar-refractivity contribution in [3.05, 3.63) is 65.9 Å². The third kappa shape index (κ3) is 4.14. The number of primary amides is 1. The first-order valence-corrected chi connectivity index (χ1v) is 12.9. The van der Waals surface area contributed by atoms with Gasteiger partial charge in [-0.1, -0.05) is 55.0 Å². The van der Waals surface area contributed by atoms with E-state index in [0.29, 0.717) is 29.2 Å². The van der Waals surface area contributed by atoms with Gasteiger partial charge in [-0.3, -0.25) is 19.1 Å². The van der Waals surface area contributed by atoms with Crippen LogP contribution >= 0.6 is 0 Å². The Bertz CT molecular complexity index is 1320. The van der Waals surface area contributed by atoms with Crippen molar-refractivity contribution >= 4 is 28.6 Å². The normalized spacial score (nSPS) is 27.0. The summed E-state index contributed by atoms with van der Waals surface area (Å²) in [6, 6.07) is 17.6. The molecular formula is C28H31N5O3. The van der Waals surface area contributed by atoms with Gasteiger partial charge in [0.15, 0.2) is 5.69 Å². The van der Waals surface area contributed by atoms with Crippen molar-refractivity contribution in [3.8, 4) is 0 Å². The minimum atomic E-state index is -0.626. The summed E-state index contributed by atoms with van der Waals surface area (Å²) < 4.78 is 1.54. The zero-order chi connectivity index (χ0) is 24.8. The fraction of sp³-hybridized carbons (Fsp3) is 0.429. The molecule has 8 nitrogen and oxygen atoms in total. The maximum absolute atomic E-state index is 13.5. The Morgan fingerprint density at radius 3 is 2.56 bits per heavy atom. The maximum Gasteiger partial charge on any atom is 0.269 e. The fourth-order valence-corrected chi connectivity index (χ4v) is 6.34. The van der Waals surface area contributed by atoms with Crippen molar-refractivity contribution in [2.45, 2.75) is 69.1 Å². The lowest BCUT2D eigenvalue weighted by Gasteiger charge is -2.33. The number of nitrogens with one attached hydrogen (secondary N) is 1. The summed E-state index contributed by atoms with van der Waals surface area (Å²) in [6.07, 6.45) is 5.78. The molecule has 2 aromatic carbocycles. The zero-order valence-electron chi connectivity index (χ0n) is 20.2. The summed E-state index contributed by atoms with van der Waals surface area (Å²) in [4.78, 5) is 40.5. The highest BCUT2D eigenvalue weighted by Gasteiger charge is 2.56. The molecule has 0 bridgehead atoms. The number of para-hydroxylation sites is 1. The van der Waals surface area contributed by atoms with Crippen molar-refractivity contribution < 1.29 is 14.4 Å². The van der Waals surface area contributed by atoms with Crippen LogP contribution in [0.2, 0.25) is 0 Å². The molecule has 5 atom stereocenters. The lowest BCUT2D eigenvalue weighted by molar-refractivity contribution is -0.140. The molecule has 186 valence electrons. The molecule has 36 heavy (non-hydrogen) atoms. The molecule has 1 saturated heterocycles. The molecule has 2 aliphatic carbocycles. The van der Waals surface area contributed by atoms with E-state index in [1.165, 1.54) is 10.2 Å². The van der Waals surface area contributed by atoms with Gasteiger partial charge in [0.1, 0.15) is 12.6 Å². The number of aromatic nitrogens is 2. The van der Waals surface area contributed by atoms with E-state index >= 15 is 0 Å². The molecule has 8 heteroatoms. The topological polar surface area (TPSA) is 110 Å². The highest BCUT2D eigenvalue weighted by atomic mass is 16.2. The van der Waals surface area contributed by atoms with Crippen molar-refractivity contribution in [3.63, 3.8) is 0 Å². The average Bonchev–Trinajstić information content (AvgIpc) is 3.39. The second-order valence-corrected chi connectivity index (χ2v) is 10.5. The Labute approximate surface area is 209 Å². The van der Waals surface area contributed by atoms with Gasteiger partial charge in [0.05, 0.1) is 5.52 Å². The molecule has 3 aliphatic rings. The van der Waals surface area contributed by atoms with Gasteiger partial charge < -0.3 is 16.0 Å². The van der Waals surface area contributed by atoms with E-state index in [4.69, 9.17) is 5.73 Å². The van der Waals surface area contributed by atoms with E-state index in [1.807, 2.05) is 24.3 Å². The molecule has 2 saturated carbocycles. The molecule has 3 N–H and O–H groups in total. The predicted octanol–water partition coefficient (Wildman–Crippen LogP) is 2.97. The molecule has 1 aromatic heterocycles. The highest BCUT2D eigenvalue weighted by molar-refractivity contribution is 6.04. The van der Waals surface area contributed by atoms with Crippen LogP contribution in [0.5, 0.6) is 0 Å². The van der Waals surface area contributed by atoms with Crippen LogP contribution < -0.4 is 11.1 Å². The van der Waals surface area contributed by atoms with E-state index in [2.05, 4.69) is 34.7 Å². The Morgan fingerprint density at radius 1 is 0.972 bits per heavy atom. The van der Waals surface area contributed by atoms with Gasteiger partial charge in [-0.05, 0) is 55.6 Å². The van der Waals surface area contributed by atoms with Gasteiger partial charge in [-0.15, -0.1) is 0 Å². The van der Waals surface area contributed by atoms with E-state index < -0.39 is 11.9 Å². The maximum atomic E-state index is 13.5. The first-order valence-electron chi connectivity index (χ1n) is 12.9. The number of fused-ring (bicyclic) bond motifs is 2. The van der Waals surface area contributed by atoms with Crippen LogP contribution in [0.3, 0.4) is 0 Å². The van der Waals surface area contributed by atoms with Crippen LogP contribution in [0.25, 0.3) is 10.9 Å². The minimum Gasteiger partial charge on any atom is -0.364 e. The first-order chi connectivity index (χ1) is 17.5. The zero-order valence-corrected chi connectivity index (χ0v) is 20.2. The molecular weight excluding hydrogens is 454 g/mol. The summed E-state index contributed by atoms with van der Waals surface area (Å²) >= 11 is 0. The van der Waals surface area contributed by atoms with Crippen LogP contribution in [0.4, 0.5) is 0 Å². The molecule has 0 spiro atoms. The number of rotatable bonds is 6. The number of nitrogens with zero attached hydrogens (tertiary/aromatic N) is 3. The summed E-state index contributed by atoms with van der Waals surface area (Å²) in [5, 5.41) is 8.24. The molecule has 3 unspecified atom stereocenters. The van der Waals surface area contributed by atoms with E-state index in [-0.39, 0.29) is 36.1 Å². The van der Waals surface area contributed by atoms with Gasteiger partial charge in [0.2, 0.25) is 11.8 Å². The van der Waals surface area contributed by atoms with Crippen LogP contribution in [0.1, 0.15) is 60.5 Å². The largest absolute Gasteiger partial charge is 0.364 e. The molecule has 6 rings (SSSR count). The van der Waals surface area contributed by atoms with Crippen molar-refractivity contribution in [1.29, 1.82) is 0 Å². The van der Waals surface area contributed by atoms with E-state index in [0.717, 1.165) is 32.1 Å². The van der Waals surface area contributed by atoms with Crippen LogP contribution in [-0.2, 0) is 16.1 Å². The van der Waals surface area contributed by atoms with E-state index in [1.54, 1.807) is 11.0 Å². The number of carbonyl (C=O) groups excluding carboxylic acids is 3. The monoisotopic (exact) mass is 485 g/mol. The molecule has 3 amide bonds. The minimum absolute atomic E-state index is 0.0275. The first kappa shape index (κ1) is 22.8. The van der Waals surface area contributed by atoms with Gasteiger partial charge in [0, 0.05) is 17.5 Å². The molecule has 1 aliphatic heterocycles. The number of hydrogen-bond acceptors (Lipinski definition) is 4. The van der Waals surface area contributed by atoms with Gasteiger partial charge in [-0.2, -0.15) is 5.10 Å². The Balaban J connectivity index is 1.16. The lowest BCUT2D eigenvalue weighted by Crippen LogP contribution is -2.51. The quantitative estimate of drug-likeness (QED) is 0.559. The van der Waals surface area contributed by atoms with Gasteiger partial charge >= 0.3 is 0 Å². The summed E-state index contributed by atoms with van der Waals surface area (Å²) in [5.41, 5.74) is 7.68. The number of benzene rings is 2. The predicted molar refractivity (Wildman–Crippen MR) is 135 cm³/mol. The summed E-state index contributed by atoms with van der Waals surface area (Å²) in [5.74, 6) is 0.0307. The van der Waals surface area contributed by atoms with Crippen molar-refractivity contribution in [2.24, 2.45) is 11.7 Å². The van der Waals surface area contributed by atoms with Crippen LogP contribution in [-0.4, -0.2) is 50.5 Å². The van der Waals surface area contributed by atoms with Gasteiger partial charge in [0.25, 0.3) is 5.91 Å². The molecule has 0 radical (unpaired) electrons. The number of hydrogen-bond donors (Lipinski definition) is 2. The highest BCUT2D eigenvalue weighted by Crippen LogP contribution is 2.48. The average molecular weight is 486 g/mol. The Morgan fingerprint density at radius 2 is 1.75 bits per heavy atom. The smallest absolute Gasteiger partial charge is 0.269 e. The Hall–Kier alpha value is -3.68. The third-order valence-corrected chi connectivity index (χ3v) is 8.16. The van der Waals surface area contributed by atoms with Crippen LogP contribution in [0.15, 0.2) is 54.6 Å². The standard InChI is InChI=1S/C28H31N5O3/c29-27(35)26-21-11-4-5-12-22(21)32(31-26)16-25(34)33-23-14-19(23)15-24(33)28(36)30-20-10-6-9-18(13-20)17-7-2-1-3-8-17/h1-5,7-8,11-12,18-20,23-24H,6,9-10,13-16H2,(H2,29,35)(H,30,36)/t18?,19-,20?,23?,24+/m1/s1. The van der Waals surface area contributed by atoms with Gasteiger partial charge in [-0.25, -0.2) is 0 Å². The second kappa shape index (κ2) is 9.08. The van der Waals surface area contributed by atoms with E-state index in [9.17, 15) is 14.4 Å². The third-order valence-electron chi connectivity index (χ3n) is 8.16. The van der Waals surface area contributed by atoms with Crippen molar-refractivity contribution in [2.75, 3.05) is 0 Å². The number of piperidine rings is 1. The number of amides is 3.